The Kier molecular flexibility index (Phi) is 5.72. The second-order valence-electron chi connectivity index (χ2n) is 6.07. The first-order chi connectivity index (χ1) is 12.2. The van der Waals surface area contributed by atoms with E-state index in [0.717, 1.165) is 24.5 Å². The average Bonchev–Trinajstić information content (AvgIpc) is 3.11. The number of carbonyl (C=O) groups is 1. The third-order valence-corrected chi connectivity index (χ3v) is 4.11. The molecular weight excluding hydrogens is 318 g/mol. The first-order valence-electron chi connectivity index (χ1n) is 8.57. The van der Waals surface area contributed by atoms with Gasteiger partial charge < -0.3 is 14.1 Å². The van der Waals surface area contributed by atoms with Crippen molar-refractivity contribution in [3.8, 4) is 5.75 Å². The van der Waals surface area contributed by atoms with Crippen molar-refractivity contribution in [2.45, 2.75) is 26.2 Å². The summed E-state index contributed by atoms with van der Waals surface area (Å²) < 4.78 is 11.2. The van der Waals surface area contributed by atoms with Crippen LogP contribution in [0.2, 0.25) is 0 Å². The van der Waals surface area contributed by atoms with Crippen LogP contribution < -0.4 is 15.1 Å². The van der Waals surface area contributed by atoms with Crippen molar-refractivity contribution in [3.05, 3.63) is 47.7 Å². The molecule has 6 heteroatoms. The van der Waals surface area contributed by atoms with E-state index in [2.05, 4.69) is 15.4 Å². The Balaban J connectivity index is 1.45. The summed E-state index contributed by atoms with van der Waals surface area (Å²) in [5, 5.41) is 3.92. The second-order valence-corrected chi connectivity index (χ2v) is 6.07. The van der Waals surface area contributed by atoms with Crippen LogP contribution in [0, 0.1) is 6.92 Å². The number of carbonyl (C=O) groups excluding carboxylic acids is 1. The lowest BCUT2D eigenvalue weighted by molar-refractivity contribution is -0.123. The van der Waals surface area contributed by atoms with E-state index in [-0.39, 0.29) is 12.5 Å². The number of para-hydroxylation sites is 1. The number of hydrogen-bond acceptors (Lipinski definition) is 5. The Morgan fingerprint density at radius 3 is 2.84 bits per heavy atom. The standard InChI is InChI=1S/C19H23N3O3/c1-15-7-3-4-8-17(15)24-14-18(23)21-20-13-16-9-10-19(25-16)22-11-5-2-6-12-22/h3-4,7-10,13H,2,5-6,11-12,14H2,1H3,(H,21,23)/b20-13+. The molecule has 1 fully saturated rings. The predicted molar refractivity (Wildman–Crippen MR) is 97.2 cm³/mol. The number of amides is 1. The molecular formula is C19H23N3O3. The fraction of sp³-hybridized carbons (Fsp3) is 0.368. The van der Waals surface area contributed by atoms with Crippen LogP contribution >= 0.6 is 0 Å². The van der Waals surface area contributed by atoms with Crippen molar-refractivity contribution >= 4 is 18.0 Å². The summed E-state index contributed by atoms with van der Waals surface area (Å²) in [6.07, 6.45) is 5.17. The van der Waals surface area contributed by atoms with E-state index < -0.39 is 0 Å². The molecule has 0 spiro atoms. The number of piperidine rings is 1. The number of hydrogen-bond donors (Lipinski definition) is 1. The van der Waals surface area contributed by atoms with Crippen LogP contribution in [0.3, 0.4) is 0 Å². The molecule has 1 aliphatic heterocycles. The van der Waals surface area contributed by atoms with Crippen molar-refractivity contribution < 1.29 is 13.9 Å². The molecule has 0 unspecified atom stereocenters. The fourth-order valence-corrected chi connectivity index (χ4v) is 2.76. The van der Waals surface area contributed by atoms with Gasteiger partial charge in [-0.15, -0.1) is 0 Å². The molecule has 3 rings (SSSR count). The van der Waals surface area contributed by atoms with Gasteiger partial charge in [0.2, 0.25) is 0 Å². The third kappa shape index (κ3) is 4.86. The summed E-state index contributed by atoms with van der Waals surface area (Å²) in [4.78, 5) is 14.0. The molecule has 0 aliphatic carbocycles. The number of nitrogens with zero attached hydrogens (tertiary/aromatic N) is 2. The van der Waals surface area contributed by atoms with Crippen LogP contribution in [0.5, 0.6) is 5.75 Å². The first kappa shape index (κ1) is 17.1. The highest BCUT2D eigenvalue weighted by Gasteiger charge is 2.13. The lowest BCUT2D eigenvalue weighted by Gasteiger charge is -2.25. The normalized spacial score (nSPS) is 14.7. The van der Waals surface area contributed by atoms with E-state index in [0.29, 0.717) is 11.5 Å². The Bertz CT molecular complexity index is 733. The number of aryl methyl sites for hydroxylation is 1. The zero-order valence-electron chi connectivity index (χ0n) is 14.4. The Labute approximate surface area is 147 Å². The van der Waals surface area contributed by atoms with Crippen LogP contribution in [-0.4, -0.2) is 31.8 Å². The number of nitrogens with one attached hydrogen (secondary N) is 1. The molecule has 132 valence electrons. The topological polar surface area (TPSA) is 67.1 Å². The average molecular weight is 341 g/mol. The maximum absolute atomic E-state index is 11.8. The molecule has 1 amide bonds. The predicted octanol–water partition coefficient (Wildman–Crippen LogP) is 3.11. The van der Waals surface area contributed by atoms with E-state index >= 15 is 0 Å². The fourth-order valence-electron chi connectivity index (χ4n) is 2.76. The number of hydrazone groups is 1. The molecule has 1 aromatic heterocycles. The molecule has 1 saturated heterocycles. The van der Waals surface area contributed by atoms with Crippen LogP contribution in [-0.2, 0) is 4.79 Å². The van der Waals surface area contributed by atoms with Gasteiger partial charge in [-0.05, 0) is 43.9 Å². The van der Waals surface area contributed by atoms with E-state index in [1.165, 1.54) is 25.5 Å². The minimum Gasteiger partial charge on any atom is -0.483 e. The van der Waals surface area contributed by atoms with E-state index in [4.69, 9.17) is 9.15 Å². The maximum Gasteiger partial charge on any atom is 0.277 e. The number of furan rings is 1. The van der Waals surface area contributed by atoms with Crippen LogP contribution in [0.4, 0.5) is 5.88 Å². The van der Waals surface area contributed by atoms with Gasteiger partial charge in [-0.1, -0.05) is 18.2 Å². The molecule has 1 aliphatic rings. The molecule has 0 atom stereocenters. The highest BCUT2D eigenvalue weighted by Crippen LogP contribution is 2.21. The number of benzene rings is 1. The zero-order chi connectivity index (χ0) is 17.5. The molecule has 0 bridgehead atoms. The largest absolute Gasteiger partial charge is 0.483 e. The summed E-state index contributed by atoms with van der Waals surface area (Å²) in [5.41, 5.74) is 3.43. The van der Waals surface area contributed by atoms with Crippen molar-refractivity contribution in [2.24, 2.45) is 5.10 Å². The van der Waals surface area contributed by atoms with Gasteiger partial charge >= 0.3 is 0 Å². The van der Waals surface area contributed by atoms with Gasteiger partial charge in [-0.25, -0.2) is 5.43 Å². The highest BCUT2D eigenvalue weighted by atomic mass is 16.5. The minimum atomic E-state index is -0.317. The second kappa shape index (κ2) is 8.37. The highest BCUT2D eigenvalue weighted by molar-refractivity contribution is 5.81. The third-order valence-electron chi connectivity index (χ3n) is 4.11. The first-order valence-corrected chi connectivity index (χ1v) is 8.57. The quantitative estimate of drug-likeness (QED) is 0.647. The van der Waals surface area contributed by atoms with Crippen LogP contribution in [0.15, 0.2) is 45.9 Å². The number of anilines is 1. The maximum atomic E-state index is 11.8. The van der Waals surface area contributed by atoms with Gasteiger partial charge in [0.05, 0.1) is 6.21 Å². The summed E-state index contributed by atoms with van der Waals surface area (Å²) in [6.45, 7) is 3.90. The molecule has 0 radical (unpaired) electrons. The van der Waals surface area contributed by atoms with Crippen LogP contribution in [0.25, 0.3) is 0 Å². The Morgan fingerprint density at radius 2 is 2.04 bits per heavy atom. The minimum absolute atomic E-state index is 0.0840. The molecule has 1 N–H and O–H groups in total. The molecule has 6 nitrogen and oxygen atoms in total. The Hall–Kier alpha value is -2.76. The molecule has 1 aromatic carbocycles. The summed E-state index contributed by atoms with van der Waals surface area (Å²) in [7, 11) is 0. The van der Waals surface area contributed by atoms with Crippen molar-refractivity contribution in [1.82, 2.24) is 5.43 Å². The van der Waals surface area contributed by atoms with Crippen molar-refractivity contribution in [3.63, 3.8) is 0 Å². The number of rotatable bonds is 6. The van der Waals surface area contributed by atoms with E-state index in [1.807, 2.05) is 43.3 Å². The molecule has 2 aromatic rings. The summed E-state index contributed by atoms with van der Waals surface area (Å²) in [5.74, 6) is 1.84. The SMILES string of the molecule is Cc1ccccc1OCC(=O)N/N=C/c1ccc(N2CCCCC2)o1. The van der Waals surface area contributed by atoms with Gasteiger partial charge in [-0.3, -0.25) is 4.79 Å². The number of ether oxygens (including phenoxy) is 1. The van der Waals surface area contributed by atoms with Gasteiger partial charge in [0.15, 0.2) is 12.5 Å². The lowest BCUT2D eigenvalue weighted by Crippen LogP contribution is -2.28. The van der Waals surface area contributed by atoms with Gasteiger partial charge in [-0.2, -0.15) is 5.10 Å². The zero-order valence-corrected chi connectivity index (χ0v) is 14.4. The van der Waals surface area contributed by atoms with Crippen LogP contribution in [0.1, 0.15) is 30.6 Å². The Morgan fingerprint density at radius 1 is 1.24 bits per heavy atom. The van der Waals surface area contributed by atoms with E-state index in [1.54, 1.807) is 0 Å². The smallest absolute Gasteiger partial charge is 0.277 e. The summed E-state index contributed by atoms with van der Waals surface area (Å²) in [6, 6.07) is 11.3. The van der Waals surface area contributed by atoms with E-state index in [9.17, 15) is 4.79 Å². The van der Waals surface area contributed by atoms with Gasteiger partial charge in [0.25, 0.3) is 5.91 Å². The monoisotopic (exact) mass is 341 g/mol. The molecule has 2 heterocycles. The molecule has 0 saturated carbocycles. The van der Waals surface area contributed by atoms with Crippen molar-refractivity contribution in [2.75, 3.05) is 24.6 Å². The van der Waals surface area contributed by atoms with Gasteiger partial charge in [0, 0.05) is 19.2 Å². The molecule has 25 heavy (non-hydrogen) atoms. The van der Waals surface area contributed by atoms with Gasteiger partial charge in [0.1, 0.15) is 11.5 Å². The summed E-state index contributed by atoms with van der Waals surface area (Å²) >= 11 is 0. The van der Waals surface area contributed by atoms with Crippen molar-refractivity contribution in [1.29, 1.82) is 0 Å². The lowest BCUT2D eigenvalue weighted by atomic mass is 10.1.